The number of rotatable bonds is 6. The van der Waals surface area contributed by atoms with E-state index >= 15 is 0 Å². The third-order valence-electron chi connectivity index (χ3n) is 9.85. The van der Waals surface area contributed by atoms with Gasteiger partial charge < -0.3 is 4.42 Å². The molecular weight excluding hydrogens is 649 g/mol. The van der Waals surface area contributed by atoms with E-state index in [1.165, 1.54) is 32.7 Å². The summed E-state index contributed by atoms with van der Waals surface area (Å²) in [5.74, 6) is 1.20. The minimum absolute atomic E-state index is 0.523. The first-order valence-corrected chi connectivity index (χ1v) is 17.6. The van der Waals surface area contributed by atoms with Gasteiger partial charge in [0.15, 0.2) is 5.82 Å². The molecule has 0 radical (unpaired) electrons. The van der Waals surface area contributed by atoms with Crippen LogP contribution < -0.4 is 0 Å². The van der Waals surface area contributed by atoms with Crippen LogP contribution in [0, 0.1) is 0 Å². The van der Waals surface area contributed by atoms with Crippen molar-refractivity contribution in [3.63, 3.8) is 0 Å². The minimum atomic E-state index is 0.523. The monoisotopic (exact) mass is 678 g/mol. The van der Waals surface area contributed by atoms with Crippen molar-refractivity contribution >= 4 is 32.8 Å². The van der Waals surface area contributed by atoms with Crippen LogP contribution in [0.5, 0.6) is 0 Å². The Hall–Kier alpha value is -7.24. The first-order valence-electron chi connectivity index (χ1n) is 17.6. The molecule has 0 spiro atoms. The highest BCUT2D eigenvalue weighted by molar-refractivity contribution is 5.98. The molecule has 0 atom stereocenters. The van der Waals surface area contributed by atoms with Crippen LogP contribution in [0.3, 0.4) is 0 Å². The van der Waals surface area contributed by atoms with Crippen LogP contribution in [0.25, 0.3) is 100 Å². The molecule has 0 fully saturated rings. The lowest BCUT2D eigenvalue weighted by atomic mass is 9.96. The molecule has 3 heterocycles. The zero-order valence-electron chi connectivity index (χ0n) is 28.5. The van der Waals surface area contributed by atoms with Gasteiger partial charge >= 0.3 is 0 Å². The second-order valence-corrected chi connectivity index (χ2v) is 13.1. The summed E-state index contributed by atoms with van der Waals surface area (Å²) in [4.78, 5) is 19.2. The van der Waals surface area contributed by atoms with E-state index in [9.17, 15) is 0 Å². The molecule has 0 N–H and O–H groups in total. The molecule has 0 aliphatic heterocycles. The maximum absolute atomic E-state index is 5.94. The molecule has 10 aromatic rings. The molecule has 0 amide bonds. The largest absolute Gasteiger partial charge is 0.418 e. The molecule has 3 aromatic heterocycles. The van der Waals surface area contributed by atoms with Crippen LogP contribution in [0.1, 0.15) is 0 Å². The Bertz CT molecular complexity index is 2750. The van der Waals surface area contributed by atoms with Gasteiger partial charge in [-0.1, -0.05) is 146 Å². The molecule has 5 heteroatoms. The normalized spacial score (nSPS) is 11.4. The van der Waals surface area contributed by atoms with Gasteiger partial charge in [-0.3, -0.25) is 0 Å². The molecule has 0 aliphatic rings. The molecule has 53 heavy (non-hydrogen) atoms. The summed E-state index contributed by atoms with van der Waals surface area (Å²) < 4.78 is 5.94. The smallest absolute Gasteiger partial charge is 0.247 e. The fourth-order valence-electron chi connectivity index (χ4n) is 7.12. The van der Waals surface area contributed by atoms with Gasteiger partial charge in [0.2, 0.25) is 11.6 Å². The number of hydrogen-bond acceptors (Lipinski definition) is 5. The SMILES string of the molecule is c1ccc2c(-c3ccc(-c4cc(-c5ccc(-c6nc7cccnc7o6)cc5)nc(-c5ccc(-c6cccc7ccccc67)cc5)n4)cc3)cccc2c1. The highest BCUT2D eigenvalue weighted by Gasteiger charge is 2.14. The number of hydrogen-bond donors (Lipinski definition) is 0. The quantitative estimate of drug-likeness (QED) is 0.175. The molecule has 0 aliphatic carbocycles. The van der Waals surface area contributed by atoms with Gasteiger partial charge in [0.1, 0.15) is 5.52 Å². The van der Waals surface area contributed by atoms with Gasteiger partial charge in [-0.25, -0.2) is 19.9 Å². The lowest BCUT2D eigenvalue weighted by Crippen LogP contribution is -1.96. The van der Waals surface area contributed by atoms with Crippen molar-refractivity contribution in [3.8, 4) is 67.6 Å². The summed E-state index contributed by atoms with van der Waals surface area (Å²) in [6.07, 6.45) is 1.71. The summed E-state index contributed by atoms with van der Waals surface area (Å²) >= 11 is 0. The second-order valence-electron chi connectivity index (χ2n) is 13.1. The standard InChI is InChI=1S/C48H30N4O/c1-3-12-39-31(8-1)10-5-14-41(39)33-17-21-35(22-18-33)44-30-45(36-23-27-38(28-24-36)47-52-43-16-7-29-49-48(43)53-47)51-46(50-44)37-25-19-34(20-26-37)42-15-6-11-32-9-2-4-13-40(32)42/h1-30H. The molecule has 0 saturated heterocycles. The van der Waals surface area contributed by atoms with Crippen LogP contribution in [-0.4, -0.2) is 19.9 Å². The molecule has 248 valence electrons. The first-order chi connectivity index (χ1) is 26.2. The Morgan fingerprint density at radius 2 is 0.868 bits per heavy atom. The fourth-order valence-corrected chi connectivity index (χ4v) is 7.12. The summed E-state index contributed by atoms with van der Waals surface area (Å²) in [5, 5.41) is 4.91. The number of fused-ring (bicyclic) bond motifs is 3. The van der Waals surface area contributed by atoms with Crippen molar-refractivity contribution in [3.05, 3.63) is 182 Å². The zero-order chi connectivity index (χ0) is 35.1. The second kappa shape index (κ2) is 12.8. The van der Waals surface area contributed by atoms with E-state index < -0.39 is 0 Å². The van der Waals surface area contributed by atoms with Gasteiger partial charge in [-0.05, 0) is 74.1 Å². The van der Waals surface area contributed by atoms with E-state index in [0.29, 0.717) is 17.4 Å². The number of nitrogens with zero attached hydrogens (tertiary/aromatic N) is 4. The van der Waals surface area contributed by atoms with Gasteiger partial charge in [0.05, 0.1) is 11.4 Å². The Kier molecular flexibility index (Phi) is 7.40. The Morgan fingerprint density at radius 3 is 1.43 bits per heavy atom. The maximum atomic E-state index is 5.94. The van der Waals surface area contributed by atoms with Crippen LogP contribution in [-0.2, 0) is 0 Å². The van der Waals surface area contributed by atoms with Crippen molar-refractivity contribution in [1.82, 2.24) is 19.9 Å². The topological polar surface area (TPSA) is 64.7 Å². The van der Waals surface area contributed by atoms with E-state index in [0.717, 1.165) is 50.3 Å². The van der Waals surface area contributed by atoms with Gasteiger partial charge in [0, 0.05) is 28.5 Å². The van der Waals surface area contributed by atoms with Gasteiger partial charge in [-0.15, -0.1) is 0 Å². The van der Waals surface area contributed by atoms with Crippen molar-refractivity contribution < 1.29 is 4.42 Å². The van der Waals surface area contributed by atoms with Crippen molar-refractivity contribution in [1.29, 1.82) is 0 Å². The van der Waals surface area contributed by atoms with Crippen LogP contribution in [0.4, 0.5) is 0 Å². The van der Waals surface area contributed by atoms with Crippen molar-refractivity contribution in [2.75, 3.05) is 0 Å². The summed E-state index contributed by atoms with van der Waals surface area (Å²) in [7, 11) is 0. The van der Waals surface area contributed by atoms with E-state index in [1.54, 1.807) is 6.20 Å². The third-order valence-corrected chi connectivity index (χ3v) is 9.85. The minimum Gasteiger partial charge on any atom is -0.418 e. The van der Waals surface area contributed by atoms with Crippen LogP contribution in [0.2, 0.25) is 0 Å². The van der Waals surface area contributed by atoms with Crippen LogP contribution in [0.15, 0.2) is 187 Å². The van der Waals surface area contributed by atoms with E-state index in [1.807, 2.05) is 24.3 Å². The molecule has 5 nitrogen and oxygen atoms in total. The molecule has 0 bridgehead atoms. The summed E-state index contributed by atoms with van der Waals surface area (Å²) in [5.41, 5.74) is 11.4. The average molecular weight is 679 g/mol. The average Bonchev–Trinajstić information content (AvgIpc) is 3.68. The zero-order valence-corrected chi connectivity index (χ0v) is 28.5. The maximum Gasteiger partial charge on any atom is 0.247 e. The van der Waals surface area contributed by atoms with Crippen molar-refractivity contribution in [2.45, 2.75) is 0 Å². The fraction of sp³-hybridized carbons (Fsp3) is 0. The number of benzene rings is 7. The Labute approximate surface area is 305 Å². The number of aromatic nitrogens is 4. The van der Waals surface area contributed by atoms with Gasteiger partial charge in [0.25, 0.3) is 0 Å². The molecule has 0 saturated carbocycles. The highest BCUT2D eigenvalue weighted by Crippen LogP contribution is 2.34. The highest BCUT2D eigenvalue weighted by atomic mass is 16.4. The summed E-state index contributed by atoms with van der Waals surface area (Å²) in [6.45, 7) is 0. The van der Waals surface area contributed by atoms with Crippen molar-refractivity contribution in [2.24, 2.45) is 0 Å². The van der Waals surface area contributed by atoms with E-state index in [-0.39, 0.29) is 0 Å². The predicted octanol–water partition coefficient (Wildman–Crippen LogP) is 12.3. The van der Waals surface area contributed by atoms with Crippen LogP contribution >= 0.6 is 0 Å². The number of oxazole rings is 1. The van der Waals surface area contributed by atoms with Gasteiger partial charge in [-0.2, -0.15) is 0 Å². The predicted molar refractivity (Wildman–Crippen MR) is 215 cm³/mol. The lowest BCUT2D eigenvalue weighted by molar-refractivity contribution is 0.608. The Morgan fingerprint density at radius 1 is 0.377 bits per heavy atom. The molecular formula is C48H30N4O. The molecule has 7 aromatic carbocycles. The van der Waals surface area contributed by atoms with E-state index in [4.69, 9.17) is 14.4 Å². The third kappa shape index (κ3) is 5.71. The lowest BCUT2D eigenvalue weighted by Gasteiger charge is -2.12. The summed E-state index contributed by atoms with van der Waals surface area (Å²) in [6, 6.07) is 61.1. The van der Waals surface area contributed by atoms with E-state index in [2.05, 4.69) is 162 Å². The Balaban J connectivity index is 1.05. The number of pyridine rings is 1. The first kappa shape index (κ1) is 30.6. The molecule has 0 unspecified atom stereocenters. The molecule has 10 rings (SSSR count).